The van der Waals surface area contributed by atoms with Crippen molar-refractivity contribution < 1.29 is 62.5 Å². The molecule has 2 saturated carbocycles. The molecule has 0 aliphatic heterocycles. The molecule has 2 aliphatic rings. The van der Waals surface area contributed by atoms with Crippen LogP contribution in [0.3, 0.4) is 0 Å². The molecule has 0 N–H and O–H groups in total. The van der Waals surface area contributed by atoms with Crippen molar-refractivity contribution in [3.8, 4) is 5.75 Å². The highest BCUT2D eigenvalue weighted by atomic mass is 19.4. The second-order valence-electron chi connectivity index (χ2n) is 12.3. The van der Waals surface area contributed by atoms with Gasteiger partial charge in [0.2, 0.25) is 0 Å². The van der Waals surface area contributed by atoms with Gasteiger partial charge in [0.05, 0.1) is 29.6 Å². The molecule has 0 atom stereocenters. The Hall–Kier alpha value is -2.61. The minimum absolute atomic E-state index is 0.00251. The fourth-order valence-electron chi connectivity index (χ4n) is 6.19. The minimum atomic E-state index is -5.39. The Morgan fingerprint density at radius 2 is 1.13 bits per heavy atom. The van der Waals surface area contributed by atoms with E-state index in [2.05, 4.69) is 11.7 Å². The van der Waals surface area contributed by atoms with E-state index in [0.29, 0.717) is 0 Å². The van der Waals surface area contributed by atoms with Crippen molar-refractivity contribution in [2.24, 2.45) is 11.8 Å². The number of ether oxygens (including phenoxy) is 3. The van der Waals surface area contributed by atoms with Crippen LogP contribution in [0.4, 0.5) is 48.3 Å². The van der Waals surface area contributed by atoms with Crippen LogP contribution in [0.2, 0.25) is 0 Å². The fraction of sp³-hybridized carbons (Fsp3) is 0.636. The van der Waals surface area contributed by atoms with Gasteiger partial charge >= 0.3 is 24.5 Å². The monoisotopic (exact) mass is 690 g/mol. The van der Waals surface area contributed by atoms with Crippen LogP contribution in [0, 0.1) is 23.5 Å². The molecule has 264 valence electrons. The van der Waals surface area contributed by atoms with Crippen molar-refractivity contribution in [3.63, 3.8) is 0 Å². The molecule has 0 unspecified atom stereocenters. The Kier molecular flexibility index (Phi) is 11.8. The molecule has 0 aromatic heterocycles. The van der Waals surface area contributed by atoms with E-state index in [9.17, 15) is 39.5 Å². The summed E-state index contributed by atoms with van der Waals surface area (Å²) in [5.41, 5.74) is -1.63. The number of unbranched alkanes of at least 4 members (excludes halogenated alkanes) is 2. The van der Waals surface area contributed by atoms with Crippen molar-refractivity contribution in [2.45, 2.75) is 121 Å². The van der Waals surface area contributed by atoms with E-state index in [4.69, 9.17) is 9.47 Å². The lowest BCUT2D eigenvalue weighted by atomic mass is 9.85. The van der Waals surface area contributed by atoms with E-state index in [1.807, 2.05) is 0 Å². The van der Waals surface area contributed by atoms with Gasteiger partial charge in [-0.05, 0) is 69.8 Å². The summed E-state index contributed by atoms with van der Waals surface area (Å²) in [6, 6.07) is 5.87. The number of aryl methyl sites for hydroxylation is 1. The molecule has 2 aromatic rings. The van der Waals surface area contributed by atoms with Crippen molar-refractivity contribution >= 4 is 0 Å². The van der Waals surface area contributed by atoms with Crippen molar-refractivity contribution in [1.82, 2.24) is 0 Å². The van der Waals surface area contributed by atoms with E-state index in [1.165, 1.54) is 12.1 Å². The van der Waals surface area contributed by atoms with Crippen molar-refractivity contribution in [1.29, 1.82) is 0 Å². The first-order valence-electron chi connectivity index (χ1n) is 15.7. The average Bonchev–Trinajstić information content (AvgIpc) is 2.96. The molecular weight excluding hydrogens is 653 g/mol. The number of hydrogen-bond donors (Lipinski definition) is 0. The molecule has 2 fully saturated rings. The van der Waals surface area contributed by atoms with E-state index in [1.54, 1.807) is 12.1 Å². The number of alkyl halides is 9. The second kappa shape index (κ2) is 14.9. The molecule has 14 heteroatoms. The zero-order valence-corrected chi connectivity index (χ0v) is 25.6. The standard InChI is InChI=1S/C33H37F11O3/c1-2-3-4-5-20-6-8-21(9-7-20)31(39,40)45-24-14-10-22(11-15-24)32(41,42)46-25-16-12-23(13-17-25)33(43,44)47-26-18-27(34)29(28(35)19-26)30(36,37)38/h6-9,18-19,22-25H,2-5,10-17H2,1H3. The lowest BCUT2D eigenvalue weighted by Gasteiger charge is -2.38. The van der Waals surface area contributed by atoms with Gasteiger partial charge < -0.3 is 14.2 Å². The fourth-order valence-corrected chi connectivity index (χ4v) is 6.19. The van der Waals surface area contributed by atoms with Gasteiger partial charge in [-0.1, -0.05) is 44.0 Å². The molecule has 2 aromatic carbocycles. The van der Waals surface area contributed by atoms with Crippen LogP contribution < -0.4 is 4.74 Å². The third-order valence-electron chi connectivity index (χ3n) is 8.85. The van der Waals surface area contributed by atoms with Gasteiger partial charge in [0, 0.05) is 12.1 Å². The van der Waals surface area contributed by atoms with Crippen LogP contribution in [0.15, 0.2) is 36.4 Å². The maximum atomic E-state index is 15.0. The van der Waals surface area contributed by atoms with Gasteiger partial charge in [0.15, 0.2) is 0 Å². The Labute approximate surface area is 265 Å². The van der Waals surface area contributed by atoms with E-state index in [-0.39, 0.29) is 69.1 Å². The average molecular weight is 691 g/mol. The lowest BCUT2D eigenvalue weighted by molar-refractivity contribution is -0.314. The first-order chi connectivity index (χ1) is 21.9. The van der Waals surface area contributed by atoms with Gasteiger partial charge in [0.1, 0.15) is 22.9 Å². The zero-order chi connectivity index (χ0) is 34.6. The van der Waals surface area contributed by atoms with Gasteiger partial charge in [-0.25, -0.2) is 8.78 Å². The summed E-state index contributed by atoms with van der Waals surface area (Å²) in [4.78, 5) is 0. The van der Waals surface area contributed by atoms with Gasteiger partial charge in [0.25, 0.3) is 0 Å². The normalized spacial score (nSPS) is 23.1. The van der Waals surface area contributed by atoms with Crippen molar-refractivity contribution in [3.05, 3.63) is 64.7 Å². The molecule has 47 heavy (non-hydrogen) atoms. The Morgan fingerprint density at radius 1 is 0.638 bits per heavy atom. The highest BCUT2D eigenvalue weighted by molar-refractivity contribution is 5.32. The lowest BCUT2D eigenvalue weighted by Crippen LogP contribution is -2.43. The molecule has 3 nitrogen and oxygen atoms in total. The van der Waals surface area contributed by atoms with Crippen LogP contribution >= 0.6 is 0 Å². The van der Waals surface area contributed by atoms with E-state index in [0.717, 1.165) is 31.2 Å². The first kappa shape index (κ1) is 37.2. The third-order valence-corrected chi connectivity index (χ3v) is 8.85. The molecule has 0 heterocycles. The molecule has 0 spiro atoms. The molecule has 0 bridgehead atoms. The molecule has 0 amide bonds. The largest absolute Gasteiger partial charge is 0.432 e. The van der Waals surface area contributed by atoms with Crippen LogP contribution in [0.25, 0.3) is 0 Å². The summed E-state index contributed by atoms with van der Waals surface area (Å²) in [5, 5.41) is 0. The maximum absolute atomic E-state index is 15.0. The minimum Gasteiger partial charge on any atom is -0.432 e. The number of benzene rings is 2. The van der Waals surface area contributed by atoms with Gasteiger partial charge in [-0.15, -0.1) is 0 Å². The number of hydrogen-bond acceptors (Lipinski definition) is 3. The smallest absolute Gasteiger partial charge is 0.422 e. The summed E-state index contributed by atoms with van der Waals surface area (Å²) in [6.45, 7) is 2.07. The van der Waals surface area contributed by atoms with Crippen LogP contribution in [0.1, 0.15) is 94.2 Å². The second-order valence-corrected chi connectivity index (χ2v) is 12.3. The van der Waals surface area contributed by atoms with E-state index < -0.39 is 71.5 Å². The summed E-state index contributed by atoms with van der Waals surface area (Å²) >= 11 is 0. The molecule has 4 rings (SSSR count). The van der Waals surface area contributed by atoms with E-state index >= 15 is 8.78 Å². The summed E-state index contributed by atoms with van der Waals surface area (Å²) in [5.74, 6) is -8.29. The van der Waals surface area contributed by atoms with Crippen LogP contribution in [0.5, 0.6) is 5.75 Å². The Bertz CT molecular complexity index is 1270. The molecule has 0 saturated heterocycles. The zero-order valence-electron chi connectivity index (χ0n) is 25.6. The summed E-state index contributed by atoms with van der Waals surface area (Å²) in [6.07, 6.45) is -16.7. The predicted molar refractivity (Wildman–Crippen MR) is 149 cm³/mol. The van der Waals surface area contributed by atoms with Crippen LogP contribution in [-0.2, 0) is 28.2 Å². The molecule has 0 radical (unpaired) electrons. The maximum Gasteiger partial charge on any atom is 0.422 e. The third kappa shape index (κ3) is 9.73. The number of halogens is 11. The predicted octanol–water partition coefficient (Wildman–Crippen LogP) is 11.2. The quantitative estimate of drug-likeness (QED) is 0.155. The van der Waals surface area contributed by atoms with Gasteiger partial charge in [-0.3, -0.25) is 0 Å². The summed E-state index contributed by atoms with van der Waals surface area (Å²) in [7, 11) is 0. The summed E-state index contributed by atoms with van der Waals surface area (Å²) < 4.78 is 169. The highest BCUT2D eigenvalue weighted by Crippen LogP contribution is 2.45. The van der Waals surface area contributed by atoms with Crippen LogP contribution in [-0.4, -0.2) is 24.4 Å². The Morgan fingerprint density at radius 3 is 1.62 bits per heavy atom. The highest BCUT2D eigenvalue weighted by Gasteiger charge is 2.49. The van der Waals surface area contributed by atoms with Crippen molar-refractivity contribution in [2.75, 3.05) is 0 Å². The Balaban J connectivity index is 1.24. The molecular formula is C33H37F11O3. The first-order valence-corrected chi connectivity index (χ1v) is 15.7. The molecule has 2 aliphatic carbocycles. The topological polar surface area (TPSA) is 27.7 Å². The number of rotatable bonds is 13. The SMILES string of the molecule is CCCCCc1ccc(C(F)(F)OC2CCC(C(F)(F)OC3CCC(C(F)(F)Oc4cc(F)c(C(F)(F)F)c(F)c4)CC3)CC2)cc1. The van der Waals surface area contributed by atoms with Gasteiger partial charge in [-0.2, -0.15) is 39.5 Å².